The van der Waals surface area contributed by atoms with Gasteiger partial charge in [0, 0.05) is 5.56 Å². The van der Waals surface area contributed by atoms with Crippen LogP contribution in [0.3, 0.4) is 0 Å². The highest BCUT2D eigenvalue weighted by Crippen LogP contribution is 2.43. The van der Waals surface area contributed by atoms with Crippen molar-refractivity contribution in [1.29, 1.82) is 0 Å². The summed E-state index contributed by atoms with van der Waals surface area (Å²) < 4.78 is 5.68. The van der Waals surface area contributed by atoms with Gasteiger partial charge >= 0.3 is 0 Å². The van der Waals surface area contributed by atoms with Gasteiger partial charge in [0.15, 0.2) is 0 Å². The molecule has 0 saturated carbocycles. The maximum absolute atomic E-state index is 5.68. The van der Waals surface area contributed by atoms with Crippen LogP contribution in [-0.2, 0) is 6.61 Å². The van der Waals surface area contributed by atoms with E-state index in [1.807, 2.05) is 24.3 Å². The van der Waals surface area contributed by atoms with Crippen molar-refractivity contribution in [2.45, 2.75) is 6.61 Å². The predicted octanol–water partition coefficient (Wildman–Crippen LogP) is 3.25. The van der Waals surface area contributed by atoms with E-state index < -0.39 is 0 Å². The topological polar surface area (TPSA) is 9.23 Å². The van der Waals surface area contributed by atoms with Crippen LogP contribution in [0.5, 0.6) is 5.75 Å². The third kappa shape index (κ3) is 1.27. The Hall–Kier alpha value is -1.76. The third-order valence-electron chi connectivity index (χ3n) is 2.44. The smallest absolute Gasteiger partial charge is 0.127 e. The van der Waals surface area contributed by atoms with Gasteiger partial charge < -0.3 is 4.74 Å². The molecule has 14 heavy (non-hydrogen) atoms. The molecule has 0 unspecified atom stereocenters. The fraction of sp³-hybridized carbons (Fsp3) is 0.0769. The Bertz CT molecular complexity index is 460. The molecule has 0 aliphatic heterocycles. The van der Waals surface area contributed by atoms with E-state index >= 15 is 0 Å². The summed E-state index contributed by atoms with van der Waals surface area (Å²) >= 11 is 0. The van der Waals surface area contributed by atoms with Crippen molar-refractivity contribution in [2.24, 2.45) is 0 Å². The number of ether oxygens (including phenoxy) is 1. The number of benzene rings is 2. The first-order valence-electron chi connectivity index (χ1n) is 4.75. The predicted molar refractivity (Wildman–Crippen MR) is 56.2 cm³/mol. The molecule has 1 heteroatoms. The highest BCUT2D eigenvalue weighted by atomic mass is 16.5. The number of rotatable bonds is 3. The molecule has 1 nitrogen and oxygen atoms in total. The fourth-order valence-electron chi connectivity index (χ4n) is 1.59. The Morgan fingerprint density at radius 1 is 0.929 bits per heavy atom. The zero-order valence-electron chi connectivity index (χ0n) is 7.73. The molecule has 68 valence electrons. The van der Waals surface area contributed by atoms with Crippen molar-refractivity contribution >= 4 is 0 Å². The number of hydrogen-bond acceptors (Lipinski definition) is 1. The van der Waals surface area contributed by atoms with Crippen LogP contribution in [0.2, 0.25) is 0 Å². The monoisotopic (exact) mass is 182 g/mol. The summed E-state index contributed by atoms with van der Waals surface area (Å²) in [5, 5.41) is 0. The molecule has 0 heterocycles. The lowest BCUT2D eigenvalue weighted by molar-refractivity contribution is 0.309. The molecule has 0 radical (unpaired) electrons. The number of hydrogen-bond donors (Lipinski definition) is 0. The van der Waals surface area contributed by atoms with E-state index in [4.69, 9.17) is 4.74 Å². The minimum Gasteiger partial charge on any atom is -0.488 e. The average molecular weight is 182 g/mol. The normalized spacial score (nSPS) is 11.1. The van der Waals surface area contributed by atoms with Gasteiger partial charge in [-0.2, -0.15) is 0 Å². The minimum absolute atomic E-state index is 0.658. The van der Waals surface area contributed by atoms with Crippen molar-refractivity contribution in [3.05, 3.63) is 54.1 Å². The Morgan fingerprint density at radius 2 is 1.79 bits per heavy atom. The number of fused-ring (bicyclic) bond motifs is 1. The quantitative estimate of drug-likeness (QED) is 0.604. The fourth-order valence-corrected chi connectivity index (χ4v) is 1.59. The van der Waals surface area contributed by atoms with Gasteiger partial charge in [0.05, 0.1) is 0 Å². The minimum atomic E-state index is 0.658. The summed E-state index contributed by atoms with van der Waals surface area (Å²) in [6.07, 6.45) is 0. The van der Waals surface area contributed by atoms with E-state index in [1.54, 1.807) is 0 Å². The van der Waals surface area contributed by atoms with Crippen LogP contribution in [0.15, 0.2) is 48.5 Å². The van der Waals surface area contributed by atoms with E-state index in [2.05, 4.69) is 24.3 Å². The third-order valence-corrected chi connectivity index (χ3v) is 2.44. The molecule has 0 atom stereocenters. The summed E-state index contributed by atoms with van der Waals surface area (Å²) in [6.45, 7) is 0.658. The first-order valence-corrected chi connectivity index (χ1v) is 4.75. The van der Waals surface area contributed by atoms with Crippen LogP contribution >= 0.6 is 0 Å². The van der Waals surface area contributed by atoms with Gasteiger partial charge in [0.25, 0.3) is 0 Å². The summed E-state index contributed by atoms with van der Waals surface area (Å²) in [5.74, 6) is 1.02. The van der Waals surface area contributed by atoms with Gasteiger partial charge in [-0.15, -0.1) is 0 Å². The first-order chi connectivity index (χ1) is 6.93. The van der Waals surface area contributed by atoms with E-state index in [1.165, 1.54) is 16.7 Å². The summed E-state index contributed by atoms with van der Waals surface area (Å²) in [5.41, 5.74) is 3.82. The lowest BCUT2D eigenvalue weighted by Crippen LogP contribution is -1.93. The van der Waals surface area contributed by atoms with Crippen molar-refractivity contribution < 1.29 is 4.74 Å². The Labute approximate surface area is 83.0 Å². The van der Waals surface area contributed by atoms with Crippen LogP contribution in [0.4, 0.5) is 0 Å². The van der Waals surface area contributed by atoms with E-state index in [0.29, 0.717) is 6.61 Å². The second-order valence-electron chi connectivity index (χ2n) is 3.49. The van der Waals surface area contributed by atoms with Gasteiger partial charge in [-0.05, 0) is 23.3 Å². The summed E-state index contributed by atoms with van der Waals surface area (Å²) in [4.78, 5) is 0. The molecule has 2 aliphatic carbocycles. The van der Waals surface area contributed by atoms with Crippen molar-refractivity contribution in [2.75, 3.05) is 0 Å². The standard InChI is InChI=1S/C13H10O/c1-2-4-10(5-3-1)9-14-13-7-6-11-8-12(11)13/h1-8H,9H2. The van der Waals surface area contributed by atoms with E-state index in [9.17, 15) is 0 Å². The second-order valence-corrected chi connectivity index (χ2v) is 3.49. The SMILES string of the molecule is c1ccc(COc2ccc3cc2-3)cc1. The highest BCUT2D eigenvalue weighted by molar-refractivity contribution is 5.87. The van der Waals surface area contributed by atoms with Crippen LogP contribution in [0.1, 0.15) is 5.56 Å². The molecule has 0 aromatic heterocycles. The molecule has 3 rings (SSSR count). The summed E-state index contributed by atoms with van der Waals surface area (Å²) in [6, 6.07) is 16.5. The average Bonchev–Trinajstić information content (AvgIpc) is 2.92. The van der Waals surface area contributed by atoms with Gasteiger partial charge in [-0.25, -0.2) is 0 Å². The van der Waals surface area contributed by atoms with Crippen LogP contribution in [0.25, 0.3) is 11.1 Å². The molecule has 1 aromatic rings. The second kappa shape index (κ2) is 2.88. The van der Waals surface area contributed by atoms with Gasteiger partial charge in [-0.1, -0.05) is 36.4 Å². The highest BCUT2D eigenvalue weighted by Gasteiger charge is 2.17. The molecule has 2 aliphatic rings. The molecule has 1 aromatic carbocycles. The molecular formula is C13H10O. The maximum Gasteiger partial charge on any atom is 0.127 e. The van der Waals surface area contributed by atoms with Crippen molar-refractivity contribution in [3.63, 3.8) is 0 Å². The van der Waals surface area contributed by atoms with Crippen LogP contribution in [-0.4, -0.2) is 0 Å². The van der Waals surface area contributed by atoms with Gasteiger partial charge in [0.2, 0.25) is 0 Å². The van der Waals surface area contributed by atoms with Crippen LogP contribution in [0, 0.1) is 0 Å². The zero-order valence-corrected chi connectivity index (χ0v) is 7.73. The van der Waals surface area contributed by atoms with Gasteiger partial charge in [0.1, 0.15) is 12.4 Å². The first kappa shape index (κ1) is 7.63. The largest absolute Gasteiger partial charge is 0.488 e. The summed E-state index contributed by atoms with van der Waals surface area (Å²) in [7, 11) is 0. The molecular weight excluding hydrogens is 172 g/mol. The zero-order chi connectivity index (χ0) is 9.38. The molecule has 0 bridgehead atoms. The van der Waals surface area contributed by atoms with Crippen LogP contribution < -0.4 is 4.74 Å². The molecule has 0 N–H and O–H groups in total. The lowest BCUT2D eigenvalue weighted by atomic mass is 10.2. The van der Waals surface area contributed by atoms with Crippen molar-refractivity contribution in [3.8, 4) is 16.9 Å². The van der Waals surface area contributed by atoms with Crippen molar-refractivity contribution in [1.82, 2.24) is 0 Å². The molecule has 0 amide bonds. The molecule has 0 fully saturated rings. The van der Waals surface area contributed by atoms with Gasteiger partial charge in [-0.3, -0.25) is 0 Å². The van der Waals surface area contributed by atoms with E-state index in [-0.39, 0.29) is 0 Å². The Balaban J connectivity index is 1.68. The molecule has 0 saturated heterocycles. The Kier molecular flexibility index (Phi) is 1.57. The maximum atomic E-state index is 5.68. The Morgan fingerprint density at radius 3 is 2.43 bits per heavy atom. The van der Waals surface area contributed by atoms with E-state index in [0.717, 1.165) is 5.75 Å². The lowest BCUT2D eigenvalue weighted by Gasteiger charge is -2.03. The molecule has 0 spiro atoms.